The van der Waals surface area contributed by atoms with Crippen molar-refractivity contribution in [3.05, 3.63) is 59.5 Å². The number of benzene rings is 1. The van der Waals surface area contributed by atoms with Gasteiger partial charge in [0.2, 0.25) is 11.8 Å². The molecule has 1 atom stereocenters. The molecule has 0 bridgehead atoms. The number of furan rings is 1. The van der Waals surface area contributed by atoms with Gasteiger partial charge in [-0.1, -0.05) is 30.3 Å². The molecule has 2 aromatic rings. The predicted octanol–water partition coefficient (Wildman–Crippen LogP) is 2.35. The summed E-state index contributed by atoms with van der Waals surface area (Å²) >= 11 is 0. The topological polar surface area (TPSA) is 53.8 Å². The standard InChI is InChI=1S/C18H20N2O3/c1-13-8-9-15(23-13)12-19(2)16-10-17(21)20(18(16)22)11-14-6-4-3-5-7-14/h3-9,16H,10-12H2,1-2H3/t16-/m0/s1. The van der Waals surface area contributed by atoms with Gasteiger partial charge in [0, 0.05) is 0 Å². The summed E-state index contributed by atoms with van der Waals surface area (Å²) in [7, 11) is 1.85. The second kappa shape index (κ2) is 6.38. The normalized spacial score (nSPS) is 18.2. The SMILES string of the molecule is Cc1ccc(CN(C)[C@H]2CC(=O)N(Cc3ccccc3)C2=O)o1. The summed E-state index contributed by atoms with van der Waals surface area (Å²) < 4.78 is 5.55. The van der Waals surface area contributed by atoms with Crippen LogP contribution in [-0.2, 0) is 22.7 Å². The van der Waals surface area contributed by atoms with Crippen LogP contribution in [0.3, 0.4) is 0 Å². The molecule has 1 aromatic heterocycles. The Morgan fingerprint density at radius 3 is 2.57 bits per heavy atom. The second-order valence-corrected chi connectivity index (χ2v) is 5.95. The van der Waals surface area contributed by atoms with Crippen molar-refractivity contribution in [3.63, 3.8) is 0 Å². The van der Waals surface area contributed by atoms with E-state index < -0.39 is 6.04 Å². The van der Waals surface area contributed by atoms with Crippen LogP contribution >= 0.6 is 0 Å². The first-order valence-electron chi connectivity index (χ1n) is 7.68. The fraction of sp³-hybridized carbons (Fsp3) is 0.333. The van der Waals surface area contributed by atoms with Gasteiger partial charge in [-0.2, -0.15) is 0 Å². The molecule has 0 N–H and O–H groups in total. The van der Waals surface area contributed by atoms with Crippen molar-refractivity contribution in [1.82, 2.24) is 9.80 Å². The van der Waals surface area contributed by atoms with Crippen LogP contribution in [0.5, 0.6) is 0 Å². The van der Waals surface area contributed by atoms with Crippen molar-refractivity contribution in [1.29, 1.82) is 0 Å². The molecule has 5 heteroatoms. The number of hydrogen-bond acceptors (Lipinski definition) is 4. The molecule has 2 heterocycles. The molecule has 1 aliphatic rings. The van der Waals surface area contributed by atoms with Gasteiger partial charge >= 0.3 is 0 Å². The number of carbonyl (C=O) groups excluding carboxylic acids is 2. The summed E-state index contributed by atoms with van der Waals surface area (Å²) in [6.07, 6.45) is 0.224. The third-order valence-electron chi connectivity index (χ3n) is 4.14. The van der Waals surface area contributed by atoms with Crippen LogP contribution in [-0.4, -0.2) is 34.7 Å². The molecule has 1 aliphatic heterocycles. The number of amides is 2. The van der Waals surface area contributed by atoms with Gasteiger partial charge in [-0.15, -0.1) is 0 Å². The molecule has 1 saturated heterocycles. The Kier molecular flexibility index (Phi) is 4.30. The molecule has 0 spiro atoms. The third kappa shape index (κ3) is 3.35. The lowest BCUT2D eigenvalue weighted by atomic mass is 10.2. The molecule has 1 aromatic carbocycles. The second-order valence-electron chi connectivity index (χ2n) is 5.95. The first kappa shape index (κ1) is 15.5. The Balaban J connectivity index is 1.68. The maximum absolute atomic E-state index is 12.6. The molecule has 0 radical (unpaired) electrons. The van der Waals surface area contributed by atoms with Crippen molar-refractivity contribution in [2.24, 2.45) is 0 Å². The number of likely N-dealkylation sites (N-methyl/N-ethyl adjacent to an activating group) is 1. The van der Waals surface area contributed by atoms with Crippen molar-refractivity contribution >= 4 is 11.8 Å². The summed E-state index contributed by atoms with van der Waals surface area (Å²) in [5, 5.41) is 0. The molecule has 23 heavy (non-hydrogen) atoms. The lowest BCUT2D eigenvalue weighted by Gasteiger charge is -2.21. The van der Waals surface area contributed by atoms with Crippen molar-refractivity contribution in [3.8, 4) is 0 Å². The van der Waals surface area contributed by atoms with Gasteiger partial charge in [-0.05, 0) is 31.7 Å². The van der Waals surface area contributed by atoms with Crippen LogP contribution in [0.25, 0.3) is 0 Å². The average molecular weight is 312 g/mol. The lowest BCUT2D eigenvalue weighted by molar-refractivity contribution is -0.140. The number of imide groups is 1. The largest absolute Gasteiger partial charge is 0.465 e. The van der Waals surface area contributed by atoms with Crippen LogP contribution in [0.2, 0.25) is 0 Å². The van der Waals surface area contributed by atoms with Crippen LogP contribution in [0.4, 0.5) is 0 Å². The summed E-state index contributed by atoms with van der Waals surface area (Å²) in [6.45, 7) is 2.73. The molecule has 0 saturated carbocycles. The Bertz CT molecular complexity index is 708. The van der Waals surface area contributed by atoms with Gasteiger partial charge in [0.1, 0.15) is 11.5 Å². The van der Waals surface area contributed by atoms with Gasteiger partial charge in [0.25, 0.3) is 0 Å². The lowest BCUT2D eigenvalue weighted by Crippen LogP contribution is -2.39. The molecular formula is C18H20N2O3. The number of rotatable bonds is 5. The van der Waals surface area contributed by atoms with E-state index in [0.717, 1.165) is 17.1 Å². The molecule has 2 amide bonds. The van der Waals surface area contributed by atoms with Gasteiger partial charge < -0.3 is 4.42 Å². The van der Waals surface area contributed by atoms with Crippen molar-refractivity contribution in [2.45, 2.75) is 32.5 Å². The van der Waals surface area contributed by atoms with E-state index in [4.69, 9.17) is 4.42 Å². The quantitative estimate of drug-likeness (QED) is 0.795. The zero-order valence-electron chi connectivity index (χ0n) is 13.4. The fourth-order valence-electron chi connectivity index (χ4n) is 2.87. The Morgan fingerprint density at radius 1 is 1.17 bits per heavy atom. The minimum atomic E-state index is -0.420. The van der Waals surface area contributed by atoms with Gasteiger partial charge in [0.05, 0.1) is 25.6 Å². The van der Waals surface area contributed by atoms with Gasteiger partial charge in [-0.25, -0.2) is 0 Å². The van der Waals surface area contributed by atoms with E-state index in [1.807, 2.05) is 61.3 Å². The van der Waals surface area contributed by atoms with Gasteiger partial charge in [-0.3, -0.25) is 19.4 Å². The van der Waals surface area contributed by atoms with E-state index in [2.05, 4.69) is 0 Å². The van der Waals surface area contributed by atoms with Crippen LogP contribution < -0.4 is 0 Å². The maximum atomic E-state index is 12.6. The first-order valence-corrected chi connectivity index (χ1v) is 7.68. The van der Waals surface area contributed by atoms with Crippen molar-refractivity contribution < 1.29 is 14.0 Å². The minimum Gasteiger partial charge on any atom is -0.465 e. The highest BCUT2D eigenvalue weighted by molar-refractivity contribution is 6.05. The molecule has 3 rings (SSSR count). The highest BCUT2D eigenvalue weighted by Crippen LogP contribution is 2.22. The Morgan fingerprint density at radius 2 is 1.91 bits per heavy atom. The number of nitrogens with zero attached hydrogens (tertiary/aromatic N) is 2. The zero-order valence-corrected chi connectivity index (χ0v) is 13.4. The number of hydrogen-bond donors (Lipinski definition) is 0. The maximum Gasteiger partial charge on any atom is 0.247 e. The minimum absolute atomic E-state index is 0.119. The van der Waals surface area contributed by atoms with Crippen LogP contribution in [0.15, 0.2) is 46.9 Å². The van der Waals surface area contributed by atoms with Gasteiger partial charge in [0.15, 0.2) is 0 Å². The Labute approximate surface area is 135 Å². The summed E-state index contributed by atoms with van der Waals surface area (Å²) in [5.41, 5.74) is 0.958. The number of aryl methyl sites for hydroxylation is 1. The molecular weight excluding hydrogens is 292 g/mol. The molecule has 0 aliphatic carbocycles. The van der Waals surface area contributed by atoms with E-state index in [0.29, 0.717) is 13.1 Å². The first-order chi connectivity index (χ1) is 11.0. The predicted molar refractivity (Wildman–Crippen MR) is 85.3 cm³/mol. The fourth-order valence-corrected chi connectivity index (χ4v) is 2.87. The third-order valence-corrected chi connectivity index (χ3v) is 4.14. The van der Waals surface area contributed by atoms with E-state index in [1.165, 1.54) is 4.90 Å². The summed E-state index contributed by atoms with van der Waals surface area (Å²) in [6, 6.07) is 12.9. The molecule has 5 nitrogen and oxygen atoms in total. The number of carbonyl (C=O) groups is 2. The smallest absolute Gasteiger partial charge is 0.247 e. The van der Waals surface area contributed by atoms with Crippen LogP contribution in [0, 0.1) is 6.92 Å². The molecule has 1 fully saturated rings. The van der Waals surface area contributed by atoms with Crippen molar-refractivity contribution in [2.75, 3.05) is 7.05 Å². The van der Waals surface area contributed by atoms with E-state index in [1.54, 1.807) is 0 Å². The Hall–Kier alpha value is -2.40. The monoisotopic (exact) mass is 312 g/mol. The highest BCUT2D eigenvalue weighted by atomic mass is 16.3. The van der Waals surface area contributed by atoms with E-state index in [-0.39, 0.29) is 18.2 Å². The van der Waals surface area contributed by atoms with E-state index in [9.17, 15) is 9.59 Å². The van der Waals surface area contributed by atoms with Crippen LogP contribution in [0.1, 0.15) is 23.5 Å². The summed E-state index contributed by atoms with van der Waals surface area (Å²) in [5.74, 6) is 1.38. The number of likely N-dealkylation sites (tertiary alicyclic amines) is 1. The average Bonchev–Trinajstić information content (AvgIpc) is 3.06. The molecule has 120 valence electrons. The van der Waals surface area contributed by atoms with E-state index >= 15 is 0 Å². The summed E-state index contributed by atoms with van der Waals surface area (Å²) in [4.78, 5) is 28.0. The highest BCUT2D eigenvalue weighted by Gasteiger charge is 2.40. The molecule has 0 unspecified atom stereocenters. The zero-order chi connectivity index (χ0) is 16.4.